The largest absolute Gasteiger partial charge is 0.274 e. The summed E-state index contributed by atoms with van der Waals surface area (Å²) in [7, 11) is 0. The monoisotopic (exact) mass is 399 g/mol. The first-order valence-corrected chi connectivity index (χ1v) is 10.7. The number of anilines is 1. The first-order chi connectivity index (χ1) is 14.1. The van der Waals surface area contributed by atoms with Gasteiger partial charge in [-0.3, -0.25) is 9.59 Å². The van der Waals surface area contributed by atoms with Crippen molar-refractivity contribution in [2.75, 3.05) is 4.90 Å². The van der Waals surface area contributed by atoms with Crippen LogP contribution in [-0.4, -0.2) is 17.1 Å². The molecule has 0 spiro atoms. The van der Waals surface area contributed by atoms with Crippen LogP contribution in [-0.2, 0) is 14.3 Å². The Bertz CT molecular complexity index is 1010. The number of fused-ring (bicyclic) bond motifs is 1. The van der Waals surface area contributed by atoms with Crippen molar-refractivity contribution in [1.29, 1.82) is 0 Å². The van der Waals surface area contributed by atoms with E-state index >= 15 is 0 Å². The molecule has 2 amide bonds. The van der Waals surface area contributed by atoms with E-state index < -0.39 is 10.7 Å². The zero-order chi connectivity index (χ0) is 20.0. The predicted octanol–water partition coefficient (Wildman–Crippen LogP) is 4.87. The Morgan fingerprint density at radius 3 is 1.72 bits per heavy atom. The van der Waals surface area contributed by atoms with E-state index in [-0.39, 0.29) is 23.0 Å². The summed E-state index contributed by atoms with van der Waals surface area (Å²) in [6.45, 7) is 2.08. The minimum absolute atomic E-state index is 0.0329. The average molecular weight is 400 g/mol. The number of carbonyl (C=O) groups excluding carboxylic acids is 2. The van der Waals surface area contributed by atoms with Gasteiger partial charge in [-0.1, -0.05) is 85.8 Å². The van der Waals surface area contributed by atoms with Crippen LogP contribution in [0, 0.1) is 11.8 Å². The molecular formula is C25H21NO2S. The third-order valence-electron chi connectivity index (χ3n) is 6.09. The molecule has 0 bridgehead atoms. The molecule has 3 nitrogen and oxygen atoms in total. The smallest absolute Gasteiger partial charge is 0.239 e. The molecule has 2 fully saturated rings. The maximum Gasteiger partial charge on any atom is 0.239 e. The number of para-hydroxylation sites is 1. The Morgan fingerprint density at radius 1 is 0.724 bits per heavy atom. The fourth-order valence-electron chi connectivity index (χ4n) is 4.90. The Hall–Kier alpha value is -2.85. The standard InChI is InChI=1S/C25H21NO2S/c1-17-21-22(24(28)26(23(21)27)20-15-9-4-10-16-20)25(29-17,18-11-5-2-6-12-18)19-13-7-3-8-14-19/h2-17,21-22H,1H3/t17?,21-,22+/m1/s1. The van der Waals surface area contributed by atoms with E-state index in [1.165, 1.54) is 4.90 Å². The molecule has 3 aromatic carbocycles. The highest BCUT2D eigenvalue weighted by atomic mass is 32.2. The SMILES string of the molecule is CC1SC(c2ccccc2)(c2ccccc2)[C@@H]2C(=O)N(c3ccccc3)C(=O)[C@H]12. The molecule has 144 valence electrons. The molecule has 0 radical (unpaired) electrons. The summed E-state index contributed by atoms with van der Waals surface area (Å²) in [6.07, 6.45) is 0. The van der Waals surface area contributed by atoms with Crippen LogP contribution in [0.5, 0.6) is 0 Å². The van der Waals surface area contributed by atoms with Gasteiger partial charge in [0.05, 0.1) is 22.3 Å². The van der Waals surface area contributed by atoms with Crippen LogP contribution in [0.25, 0.3) is 0 Å². The third kappa shape index (κ3) is 2.59. The average Bonchev–Trinajstić information content (AvgIpc) is 3.23. The number of carbonyl (C=O) groups is 2. The second kappa shape index (κ2) is 6.89. The van der Waals surface area contributed by atoms with E-state index in [1.54, 1.807) is 11.8 Å². The lowest BCUT2D eigenvalue weighted by atomic mass is 9.74. The van der Waals surface area contributed by atoms with Crippen LogP contribution in [0.15, 0.2) is 91.0 Å². The molecule has 2 aliphatic rings. The van der Waals surface area contributed by atoms with E-state index in [4.69, 9.17) is 0 Å². The zero-order valence-electron chi connectivity index (χ0n) is 16.1. The van der Waals surface area contributed by atoms with Crippen molar-refractivity contribution in [3.8, 4) is 0 Å². The summed E-state index contributed by atoms with van der Waals surface area (Å²) in [4.78, 5) is 28.7. The number of hydrogen-bond donors (Lipinski definition) is 0. The van der Waals surface area contributed by atoms with E-state index in [0.717, 1.165) is 11.1 Å². The summed E-state index contributed by atoms with van der Waals surface area (Å²) in [5.41, 5.74) is 2.81. The molecule has 2 saturated heterocycles. The van der Waals surface area contributed by atoms with Crippen LogP contribution in [0.4, 0.5) is 5.69 Å². The molecule has 4 heteroatoms. The summed E-state index contributed by atoms with van der Waals surface area (Å²) >= 11 is 1.75. The maximum atomic E-state index is 13.8. The van der Waals surface area contributed by atoms with Gasteiger partial charge in [-0.2, -0.15) is 0 Å². The molecule has 3 aromatic rings. The van der Waals surface area contributed by atoms with Crippen LogP contribution in [0.3, 0.4) is 0 Å². The van der Waals surface area contributed by atoms with E-state index in [9.17, 15) is 9.59 Å². The number of nitrogens with zero attached hydrogens (tertiary/aromatic N) is 1. The fourth-order valence-corrected chi connectivity index (χ4v) is 6.84. The molecule has 1 unspecified atom stereocenters. The second-order valence-electron chi connectivity index (χ2n) is 7.64. The molecule has 2 aliphatic heterocycles. The van der Waals surface area contributed by atoms with Crippen molar-refractivity contribution >= 4 is 29.3 Å². The molecular weight excluding hydrogens is 378 g/mol. The summed E-state index contributed by atoms with van der Waals surface area (Å²) in [5.74, 6) is -0.955. The van der Waals surface area contributed by atoms with Crippen molar-refractivity contribution in [2.45, 2.75) is 16.9 Å². The Kier molecular flexibility index (Phi) is 4.32. The van der Waals surface area contributed by atoms with E-state index in [0.29, 0.717) is 5.69 Å². The van der Waals surface area contributed by atoms with Gasteiger partial charge in [0.25, 0.3) is 0 Å². The van der Waals surface area contributed by atoms with Crippen LogP contribution < -0.4 is 4.90 Å². The van der Waals surface area contributed by atoms with Gasteiger partial charge in [0.1, 0.15) is 0 Å². The van der Waals surface area contributed by atoms with Gasteiger partial charge >= 0.3 is 0 Å². The van der Waals surface area contributed by atoms with Gasteiger partial charge in [0, 0.05) is 5.25 Å². The van der Waals surface area contributed by atoms with Gasteiger partial charge < -0.3 is 0 Å². The van der Waals surface area contributed by atoms with Gasteiger partial charge in [-0.15, -0.1) is 11.8 Å². The molecule has 0 aromatic heterocycles. The van der Waals surface area contributed by atoms with Crippen molar-refractivity contribution in [2.24, 2.45) is 11.8 Å². The number of thioether (sulfide) groups is 1. The van der Waals surface area contributed by atoms with Gasteiger partial charge in [-0.05, 0) is 23.3 Å². The minimum atomic E-state index is -0.580. The van der Waals surface area contributed by atoms with Gasteiger partial charge in [0.2, 0.25) is 11.8 Å². The Morgan fingerprint density at radius 2 is 1.21 bits per heavy atom. The topological polar surface area (TPSA) is 37.4 Å². The molecule has 3 atom stereocenters. The van der Waals surface area contributed by atoms with E-state index in [1.807, 2.05) is 66.7 Å². The van der Waals surface area contributed by atoms with Gasteiger partial charge in [0.15, 0.2) is 0 Å². The minimum Gasteiger partial charge on any atom is -0.274 e. The first kappa shape index (κ1) is 18.2. The summed E-state index contributed by atoms with van der Waals surface area (Å²) in [5, 5.41) is 0.0329. The molecule has 0 aliphatic carbocycles. The molecule has 0 N–H and O–H groups in total. The van der Waals surface area contributed by atoms with Crippen LogP contribution >= 0.6 is 11.8 Å². The number of rotatable bonds is 3. The highest BCUT2D eigenvalue weighted by Gasteiger charge is 2.66. The van der Waals surface area contributed by atoms with Crippen LogP contribution in [0.1, 0.15) is 18.1 Å². The van der Waals surface area contributed by atoms with Crippen molar-refractivity contribution in [1.82, 2.24) is 0 Å². The lowest BCUT2D eigenvalue weighted by Gasteiger charge is -2.35. The zero-order valence-corrected chi connectivity index (χ0v) is 16.9. The first-order valence-electron chi connectivity index (χ1n) is 9.86. The second-order valence-corrected chi connectivity index (χ2v) is 9.26. The van der Waals surface area contributed by atoms with Gasteiger partial charge in [-0.25, -0.2) is 4.90 Å². The fraction of sp³-hybridized carbons (Fsp3) is 0.200. The normalized spacial score (nSPS) is 25.3. The lowest BCUT2D eigenvalue weighted by Crippen LogP contribution is -2.38. The quantitative estimate of drug-likeness (QED) is 0.590. The van der Waals surface area contributed by atoms with Crippen molar-refractivity contribution in [3.05, 3.63) is 102 Å². The van der Waals surface area contributed by atoms with Crippen molar-refractivity contribution in [3.63, 3.8) is 0 Å². The molecule has 5 rings (SSSR count). The molecule has 29 heavy (non-hydrogen) atoms. The van der Waals surface area contributed by atoms with Crippen molar-refractivity contribution < 1.29 is 9.59 Å². The molecule has 2 heterocycles. The highest BCUT2D eigenvalue weighted by Crippen LogP contribution is 2.63. The number of hydrogen-bond acceptors (Lipinski definition) is 3. The third-order valence-corrected chi connectivity index (χ3v) is 7.85. The Balaban J connectivity index is 1.72. The summed E-state index contributed by atoms with van der Waals surface area (Å²) in [6, 6.07) is 29.6. The lowest BCUT2D eigenvalue weighted by molar-refractivity contribution is -0.122. The number of amides is 2. The number of imide groups is 1. The molecule has 0 saturated carbocycles. The van der Waals surface area contributed by atoms with E-state index in [2.05, 4.69) is 31.2 Å². The van der Waals surface area contributed by atoms with Crippen LogP contribution in [0.2, 0.25) is 0 Å². The maximum absolute atomic E-state index is 13.8. The number of benzene rings is 3. The highest BCUT2D eigenvalue weighted by molar-refractivity contribution is 8.01. The Labute approximate surface area is 174 Å². The summed E-state index contributed by atoms with van der Waals surface area (Å²) < 4.78 is -0.580. The predicted molar refractivity (Wildman–Crippen MR) is 117 cm³/mol.